The molecule has 1 heterocycles. The maximum Gasteiger partial charge on any atom is 0.121 e. The summed E-state index contributed by atoms with van der Waals surface area (Å²) in [6, 6.07) is 7.42. The minimum Gasteiger partial charge on any atom is -0.497 e. The third kappa shape index (κ3) is 3.54. The summed E-state index contributed by atoms with van der Waals surface area (Å²) in [7, 11) is 1.72. The summed E-state index contributed by atoms with van der Waals surface area (Å²) in [5.74, 6) is 1.66. The van der Waals surface area contributed by atoms with E-state index in [1.165, 1.54) is 45.1 Å². The highest BCUT2D eigenvalue weighted by Crippen LogP contribution is 2.35. The van der Waals surface area contributed by atoms with Crippen LogP contribution in [0.15, 0.2) is 22.7 Å². The molecule has 1 aromatic rings. The van der Waals surface area contributed by atoms with Gasteiger partial charge in [-0.3, -0.25) is 0 Å². The largest absolute Gasteiger partial charge is 0.497 e. The molecule has 2 aliphatic rings. The van der Waals surface area contributed by atoms with Gasteiger partial charge in [0.1, 0.15) is 5.75 Å². The van der Waals surface area contributed by atoms with Crippen molar-refractivity contribution in [3.05, 3.63) is 22.7 Å². The lowest BCUT2D eigenvalue weighted by atomic mass is 9.79. The van der Waals surface area contributed by atoms with Gasteiger partial charge in [-0.05, 0) is 66.2 Å². The zero-order chi connectivity index (χ0) is 14.7. The second-order valence-corrected chi connectivity index (χ2v) is 7.10. The number of nitrogens with one attached hydrogen (secondary N) is 2. The number of anilines is 1. The summed E-state index contributed by atoms with van der Waals surface area (Å²) >= 11 is 3.66. The van der Waals surface area contributed by atoms with Gasteiger partial charge in [0.05, 0.1) is 12.8 Å². The van der Waals surface area contributed by atoms with Gasteiger partial charge in [-0.25, -0.2) is 0 Å². The van der Waals surface area contributed by atoms with E-state index in [1.54, 1.807) is 7.11 Å². The molecule has 3 rings (SSSR count). The lowest BCUT2D eigenvalue weighted by Gasteiger charge is -2.37. The second-order valence-electron chi connectivity index (χ2n) is 6.25. The SMILES string of the molecule is COc1ccc(Br)c(NC2CCCCC2C2CCCN2)c1. The smallest absolute Gasteiger partial charge is 0.121 e. The van der Waals surface area contributed by atoms with Crippen molar-refractivity contribution in [3.8, 4) is 5.75 Å². The Hall–Kier alpha value is -0.740. The number of methoxy groups -OCH3 is 1. The van der Waals surface area contributed by atoms with Crippen LogP contribution in [0.5, 0.6) is 5.75 Å². The number of hydrogen-bond acceptors (Lipinski definition) is 3. The first kappa shape index (κ1) is 15.2. The van der Waals surface area contributed by atoms with Gasteiger partial charge in [0.2, 0.25) is 0 Å². The average molecular weight is 353 g/mol. The van der Waals surface area contributed by atoms with Crippen molar-refractivity contribution >= 4 is 21.6 Å². The van der Waals surface area contributed by atoms with E-state index in [0.29, 0.717) is 12.1 Å². The van der Waals surface area contributed by atoms with E-state index in [4.69, 9.17) is 4.74 Å². The molecule has 2 N–H and O–H groups in total. The third-order valence-corrected chi connectivity index (χ3v) is 5.64. The Morgan fingerprint density at radius 1 is 1.19 bits per heavy atom. The number of hydrogen-bond donors (Lipinski definition) is 2. The Kier molecular flexibility index (Phi) is 5.07. The van der Waals surface area contributed by atoms with Gasteiger partial charge in [0, 0.05) is 22.6 Å². The molecular formula is C17H25BrN2O. The predicted molar refractivity (Wildman–Crippen MR) is 91.1 cm³/mol. The van der Waals surface area contributed by atoms with E-state index in [1.807, 2.05) is 6.07 Å². The van der Waals surface area contributed by atoms with Crippen LogP contribution in [0.4, 0.5) is 5.69 Å². The minimum atomic E-state index is 0.567. The Bertz CT molecular complexity index is 474. The van der Waals surface area contributed by atoms with E-state index >= 15 is 0 Å². The molecule has 1 saturated heterocycles. The van der Waals surface area contributed by atoms with E-state index in [-0.39, 0.29) is 0 Å². The molecule has 0 spiro atoms. The first-order valence-electron chi connectivity index (χ1n) is 8.11. The molecule has 3 nitrogen and oxygen atoms in total. The van der Waals surface area contributed by atoms with Gasteiger partial charge in [-0.2, -0.15) is 0 Å². The van der Waals surface area contributed by atoms with Crippen LogP contribution in [0.2, 0.25) is 0 Å². The lowest BCUT2D eigenvalue weighted by Crippen LogP contribution is -2.43. The molecular weight excluding hydrogens is 328 g/mol. The molecule has 1 aliphatic carbocycles. The molecule has 3 atom stereocenters. The number of ether oxygens (including phenoxy) is 1. The molecule has 21 heavy (non-hydrogen) atoms. The highest BCUT2D eigenvalue weighted by atomic mass is 79.9. The van der Waals surface area contributed by atoms with E-state index < -0.39 is 0 Å². The lowest BCUT2D eigenvalue weighted by molar-refractivity contribution is 0.262. The summed E-state index contributed by atoms with van der Waals surface area (Å²) in [4.78, 5) is 0. The monoisotopic (exact) mass is 352 g/mol. The van der Waals surface area contributed by atoms with Crippen molar-refractivity contribution in [3.63, 3.8) is 0 Å². The summed E-state index contributed by atoms with van der Waals surface area (Å²) in [6.07, 6.45) is 7.99. The first-order valence-corrected chi connectivity index (χ1v) is 8.90. The zero-order valence-electron chi connectivity index (χ0n) is 12.7. The molecule has 116 valence electrons. The molecule has 3 unspecified atom stereocenters. The van der Waals surface area contributed by atoms with Crippen molar-refractivity contribution in [1.29, 1.82) is 0 Å². The van der Waals surface area contributed by atoms with Gasteiger partial charge in [0.25, 0.3) is 0 Å². The quantitative estimate of drug-likeness (QED) is 0.852. The normalized spacial score (nSPS) is 29.3. The number of benzene rings is 1. The molecule has 4 heteroatoms. The van der Waals surface area contributed by atoms with Gasteiger partial charge < -0.3 is 15.4 Å². The fourth-order valence-corrected chi connectivity index (χ4v) is 4.20. The molecule has 1 aliphatic heterocycles. The zero-order valence-corrected chi connectivity index (χ0v) is 14.3. The standard InChI is InChI=1S/C17H25BrN2O/c1-21-12-8-9-14(18)17(11-12)20-16-6-3-2-5-13(16)15-7-4-10-19-15/h8-9,11,13,15-16,19-20H,2-7,10H2,1H3. The van der Waals surface area contributed by atoms with Gasteiger partial charge in [-0.15, -0.1) is 0 Å². The van der Waals surface area contributed by atoms with E-state index in [2.05, 4.69) is 38.7 Å². The number of rotatable bonds is 4. The summed E-state index contributed by atoms with van der Waals surface area (Å²) in [5.41, 5.74) is 1.16. The molecule has 2 fully saturated rings. The molecule has 0 amide bonds. The van der Waals surface area contributed by atoms with Gasteiger partial charge in [-0.1, -0.05) is 12.8 Å². The topological polar surface area (TPSA) is 33.3 Å². The van der Waals surface area contributed by atoms with Crippen LogP contribution >= 0.6 is 15.9 Å². The maximum absolute atomic E-state index is 5.35. The fraction of sp³-hybridized carbons (Fsp3) is 0.647. The molecule has 1 saturated carbocycles. The highest BCUT2D eigenvalue weighted by Gasteiger charge is 2.33. The Morgan fingerprint density at radius 2 is 2.05 bits per heavy atom. The summed E-state index contributed by atoms with van der Waals surface area (Å²) in [6.45, 7) is 1.19. The highest BCUT2D eigenvalue weighted by molar-refractivity contribution is 9.10. The van der Waals surface area contributed by atoms with Crippen LogP contribution in [-0.4, -0.2) is 25.7 Å². The van der Waals surface area contributed by atoms with Crippen LogP contribution < -0.4 is 15.4 Å². The number of halogens is 1. The van der Waals surface area contributed by atoms with Crippen LogP contribution in [0.25, 0.3) is 0 Å². The van der Waals surface area contributed by atoms with Gasteiger partial charge >= 0.3 is 0 Å². The van der Waals surface area contributed by atoms with Crippen molar-refractivity contribution in [1.82, 2.24) is 5.32 Å². The van der Waals surface area contributed by atoms with Crippen LogP contribution in [0.1, 0.15) is 38.5 Å². The maximum atomic E-state index is 5.35. The van der Waals surface area contributed by atoms with Crippen molar-refractivity contribution in [2.24, 2.45) is 5.92 Å². The van der Waals surface area contributed by atoms with Crippen LogP contribution in [0, 0.1) is 5.92 Å². The van der Waals surface area contributed by atoms with Crippen molar-refractivity contribution in [2.45, 2.75) is 50.6 Å². The predicted octanol–water partition coefficient (Wildman–Crippen LogP) is 4.18. The Balaban J connectivity index is 1.74. The first-order chi connectivity index (χ1) is 10.3. The molecule has 0 aromatic heterocycles. The average Bonchev–Trinajstić information content (AvgIpc) is 3.04. The summed E-state index contributed by atoms with van der Waals surface area (Å²) in [5, 5.41) is 7.49. The Labute approximate surface area is 136 Å². The minimum absolute atomic E-state index is 0.567. The van der Waals surface area contributed by atoms with E-state index in [9.17, 15) is 0 Å². The third-order valence-electron chi connectivity index (χ3n) is 4.95. The Morgan fingerprint density at radius 3 is 2.81 bits per heavy atom. The molecule has 1 aromatic carbocycles. The van der Waals surface area contributed by atoms with Crippen molar-refractivity contribution < 1.29 is 4.74 Å². The van der Waals surface area contributed by atoms with Gasteiger partial charge in [0.15, 0.2) is 0 Å². The molecule has 0 radical (unpaired) electrons. The van der Waals surface area contributed by atoms with E-state index in [0.717, 1.165) is 21.8 Å². The molecule has 0 bridgehead atoms. The van der Waals surface area contributed by atoms with Crippen LogP contribution in [-0.2, 0) is 0 Å². The fourth-order valence-electron chi connectivity index (χ4n) is 3.84. The summed E-state index contributed by atoms with van der Waals surface area (Å²) < 4.78 is 6.47. The second kappa shape index (κ2) is 7.01. The van der Waals surface area contributed by atoms with Crippen molar-refractivity contribution in [2.75, 3.05) is 19.0 Å². The van der Waals surface area contributed by atoms with Crippen LogP contribution in [0.3, 0.4) is 0 Å².